The summed E-state index contributed by atoms with van der Waals surface area (Å²) in [6, 6.07) is 0. The standard InChI is InChI=1S/C10H18N4O2S/c1-10(8-11)2-4-14(5-3-10)17(15,16)9-6-12-13-7-9/h6-7H,2-5,8,11H2,1H3,(H,12,13). The first-order valence-electron chi connectivity index (χ1n) is 5.67. The monoisotopic (exact) mass is 258 g/mol. The second-order valence-electron chi connectivity index (χ2n) is 4.85. The van der Waals surface area contributed by atoms with Gasteiger partial charge < -0.3 is 5.73 Å². The summed E-state index contributed by atoms with van der Waals surface area (Å²) < 4.78 is 25.9. The summed E-state index contributed by atoms with van der Waals surface area (Å²) in [7, 11) is -3.38. The molecule has 1 aliphatic heterocycles. The van der Waals surface area contributed by atoms with Crippen molar-refractivity contribution in [2.24, 2.45) is 11.1 Å². The van der Waals surface area contributed by atoms with Gasteiger partial charge in [0, 0.05) is 19.3 Å². The Bertz CT molecular complexity index is 461. The lowest BCUT2D eigenvalue weighted by Crippen LogP contribution is -2.44. The summed E-state index contributed by atoms with van der Waals surface area (Å²) >= 11 is 0. The van der Waals surface area contributed by atoms with Gasteiger partial charge in [-0.3, -0.25) is 5.10 Å². The van der Waals surface area contributed by atoms with Gasteiger partial charge in [-0.15, -0.1) is 0 Å². The maximum atomic E-state index is 12.2. The number of hydrogen-bond acceptors (Lipinski definition) is 4. The minimum absolute atomic E-state index is 0.0718. The molecule has 2 heterocycles. The van der Waals surface area contributed by atoms with E-state index in [2.05, 4.69) is 17.1 Å². The molecule has 17 heavy (non-hydrogen) atoms. The number of hydrogen-bond donors (Lipinski definition) is 2. The fraction of sp³-hybridized carbons (Fsp3) is 0.700. The fourth-order valence-electron chi connectivity index (χ4n) is 2.00. The molecular weight excluding hydrogens is 240 g/mol. The SMILES string of the molecule is CC1(CN)CCN(S(=O)(=O)c2cn[nH]c2)CC1. The van der Waals surface area contributed by atoms with Crippen LogP contribution in [0.2, 0.25) is 0 Å². The molecule has 0 spiro atoms. The molecule has 0 atom stereocenters. The maximum Gasteiger partial charge on any atom is 0.246 e. The maximum absolute atomic E-state index is 12.2. The largest absolute Gasteiger partial charge is 0.330 e. The number of piperidine rings is 1. The molecule has 0 radical (unpaired) electrons. The van der Waals surface area contributed by atoms with Crippen LogP contribution in [0.25, 0.3) is 0 Å². The van der Waals surface area contributed by atoms with E-state index in [1.54, 1.807) is 0 Å². The summed E-state index contributed by atoms with van der Waals surface area (Å²) in [4.78, 5) is 0.230. The van der Waals surface area contributed by atoms with Crippen molar-refractivity contribution in [2.75, 3.05) is 19.6 Å². The lowest BCUT2D eigenvalue weighted by Gasteiger charge is -2.37. The van der Waals surface area contributed by atoms with Crippen LogP contribution >= 0.6 is 0 Å². The van der Waals surface area contributed by atoms with Gasteiger partial charge in [0.2, 0.25) is 10.0 Å². The van der Waals surface area contributed by atoms with Gasteiger partial charge in [-0.25, -0.2) is 8.42 Å². The van der Waals surface area contributed by atoms with Crippen molar-refractivity contribution in [3.05, 3.63) is 12.4 Å². The molecule has 1 aromatic rings. The summed E-state index contributed by atoms with van der Waals surface area (Å²) in [5.41, 5.74) is 5.78. The zero-order valence-electron chi connectivity index (χ0n) is 9.89. The summed E-state index contributed by atoms with van der Waals surface area (Å²) in [6.45, 7) is 3.77. The highest BCUT2D eigenvalue weighted by molar-refractivity contribution is 7.89. The predicted molar refractivity (Wildman–Crippen MR) is 63.7 cm³/mol. The van der Waals surface area contributed by atoms with Gasteiger partial charge in [-0.2, -0.15) is 9.40 Å². The smallest absolute Gasteiger partial charge is 0.246 e. The molecule has 96 valence electrons. The Morgan fingerprint density at radius 2 is 2.18 bits per heavy atom. The topological polar surface area (TPSA) is 92.1 Å². The molecule has 1 aliphatic rings. The van der Waals surface area contributed by atoms with Crippen molar-refractivity contribution >= 4 is 10.0 Å². The van der Waals surface area contributed by atoms with Crippen molar-refractivity contribution in [2.45, 2.75) is 24.7 Å². The molecule has 0 aromatic carbocycles. The third-order valence-corrected chi connectivity index (χ3v) is 5.40. The number of sulfonamides is 1. The van der Waals surface area contributed by atoms with E-state index in [9.17, 15) is 8.42 Å². The van der Waals surface area contributed by atoms with Crippen molar-refractivity contribution in [1.82, 2.24) is 14.5 Å². The van der Waals surface area contributed by atoms with Crippen LogP contribution in [0, 0.1) is 5.41 Å². The van der Waals surface area contributed by atoms with Crippen LogP contribution in [-0.4, -0.2) is 42.6 Å². The second kappa shape index (κ2) is 4.40. The van der Waals surface area contributed by atoms with E-state index in [4.69, 9.17) is 5.73 Å². The molecule has 0 amide bonds. The Morgan fingerprint density at radius 3 is 2.65 bits per heavy atom. The number of nitrogens with two attached hydrogens (primary N) is 1. The first-order valence-corrected chi connectivity index (χ1v) is 7.11. The van der Waals surface area contributed by atoms with E-state index in [1.807, 2.05) is 0 Å². The quantitative estimate of drug-likeness (QED) is 0.807. The normalized spacial score (nSPS) is 21.5. The fourth-order valence-corrected chi connectivity index (χ4v) is 3.35. The highest BCUT2D eigenvalue weighted by Crippen LogP contribution is 2.31. The summed E-state index contributed by atoms with van der Waals surface area (Å²) in [5, 5.41) is 6.20. The Hall–Kier alpha value is -0.920. The van der Waals surface area contributed by atoms with E-state index in [0.717, 1.165) is 12.8 Å². The number of H-pyrrole nitrogens is 1. The van der Waals surface area contributed by atoms with Crippen LogP contribution < -0.4 is 5.73 Å². The van der Waals surface area contributed by atoms with Crippen molar-refractivity contribution < 1.29 is 8.42 Å². The van der Waals surface area contributed by atoms with E-state index >= 15 is 0 Å². The van der Waals surface area contributed by atoms with E-state index in [0.29, 0.717) is 19.6 Å². The molecule has 1 aromatic heterocycles. The molecule has 1 saturated heterocycles. The molecule has 0 unspecified atom stereocenters. The zero-order valence-corrected chi connectivity index (χ0v) is 10.7. The molecule has 0 saturated carbocycles. The first-order chi connectivity index (χ1) is 7.98. The first kappa shape index (κ1) is 12.5. The number of nitrogens with zero attached hydrogens (tertiary/aromatic N) is 2. The Kier molecular flexibility index (Phi) is 3.24. The van der Waals surface area contributed by atoms with Gasteiger partial charge in [-0.1, -0.05) is 6.92 Å². The average Bonchev–Trinajstić information content (AvgIpc) is 2.84. The van der Waals surface area contributed by atoms with Crippen molar-refractivity contribution in [3.63, 3.8) is 0 Å². The van der Waals surface area contributed by atoms with Crippen LogP contribution in [0.4, 0.5) is 0 Å². The molecule has 3 N–H and O–H groups in total. The lowest BCUT2D eigenvalue weighted by molar-refractivity contribution is 0.183. The number of aromatic amines is 1. The van der Waals surface area contributed by atoms with Crippen LogP contribution in [0.3, 0.4) is 0 Å². The van der Waals surface area contributed by atoms with Crippen LogP contribution in [0.5, 0.6) is 0 Å². The predicted octanol–water partition coefficient (Wildman–Crippen LogP) is 0.159. The zero-order chi connectivity index (χ0) is 12.5. The third-order valence-electron chi connectivity index (χ3n) is 3.53. The molecule has 6 nitrogen and oxygen atoms in total. The van der Waals surface area contributed by atoms with Crippen LogP contribution in [-0.2, 0) is 10.0 Å². The van der Waals surface area contributed by atoms with Gasteiger partial charge in [0.15, 0.2) is 0 Å². The van der Waals surface area contributed by atoms with E-state index < -0.39 is 10.0 Å². The highest BCUT2D eigenvalue weighted by atomic mass is 32.2. The minimum Gasteiger partial charge on any atom is -0.330 e. The van der Waals surface area contributed by atoms with Crippen LogP contribution in [0.1, 0.15) is 19.8 Å². The van der Waals surface area contributed by atoms with Gasteiger partial charge >= 0.3 is 0 Å². The molecule has 2 rings (SSSR count). The van der Waals surface area contributed by atoms with Crippen molar-refractivity contribution in [3.8, 4) is 0 Å². The van der Waals surface area contributed by atoms with Crippen LogP contribution in [0.15, 0.2) is 17.3 Å². The van der Waals surface area contributed by atoms with Gasteiger partial charge in [-0.05, 0) is 24.8 Å². The minimum atomic E-state index is -3.38. The van der Waals surface area contributed by atoms with Gasteiger partial charge in [0.25, 0.3) is 0 Å². The van der Waals surface area contributed by atoms with Gasteiger partial charge in [0.1, 0.15) is 4.90 Å². The molecule has 7 heteroatoms. The number of aromatic nitrogens is 2. The van der Waals surface area contributed by atoms with E-state index in [-0.39, 0.29) is 10.3 Å². The molecule has 0 bridgehead atoms. The summed E-state index contributed by atoms with van der Waals surface area (Å²) in [5.74, 6) is 0. The highest BCUT2D eigenvalue weighted by Gasteiger charge is 2.34. The summed E-state index contributed by atoms with van der Waals surface area (Å²) in [6.07, 6.45) is 4.36. The molecular formula is C10H18N4O2S. The van der Waals surface area contributed by atoms with Crippen molar-refractivity contribution in [1.29, 1.82) is 0 Å². The number of nitrogens with one attached hydrogen (secondary N) is 1. The lowest BCUT2D eigenvalue weighted by atomic mass is 9.81. The Morgan fingerprint density at radius 1 is 1.53 bits per heavy atom. The molecule has 0 aliphatic carbocycles. The average molecular weight is 258 g/mol. The third kappa shape index (κ3) is 2.36. The number of rotatable bonds is 3. The van der Waals surface area contributed by atoms with E-state index in [1.165, 1.54) is 16.7 Å². The Labute approximate surface area is 101 Å². The van der Waals surface area contributed by atoms with Gasteiger partial charge in [0.05, 0.1) is 6.20 Å². The Balaban J connectivity index is 2.12. The second-order valence-corrected chi connectivity index (χ2v) is 6.79. The molecule has 1 fully saturated rings.